The molecule has 0 aromatic carbocycles. The lowest BCUT2D eigenvalue weighted by molar-refractivity contribution is 0.0134. The Hall–Kier alpha value is -1.40. The first-order chi connectivity index (χ1) is 10.3. The fourth-order valence-corrected chi connectivity index (χ4v) is 3.02. The number of hydrogen-bond acceptors (Lipinski definition) is 5. The smallest absolute Gasteiger partial charge is 0.255 e. The Labute approximate surface area is 124 Å². The molecule has 0 unspecified atom stereocenters. The molecular formula is C15H24N4O2. The number of anilines is 1. The molecule has 2 aliphatic heterocycles. The molecule has 2 aliphatic rings. The van der Waals surface area contributed by atoms with Crippen molar-refractivity contribution in [2.45, 2.75) is 44.6 Å². The van der Waals surface area contributed by atoms with Crippen LogP contribution >= 0.6 is 0 Å². The first-order valence-corrected chi connectivity index (χ1v) is 8.01. The van der Waals surface area contributed by atoms with Crippen molar-refractivity contribution in [1.29, 1.82) is 0 Å². The molecule has 1 atom stereocenters. The highest BCUT2D eigenvalue weighted by Crippen LogP contribution is 2.15. The second kappa shape index (κ2) is 7.04. The Balaban J connectivity index is 1.59. The number of hydrogen-bond donors (Lipinski definition) is 3. The van der Waals surface area contributed by atoms with Crippen LogP contribution in [0.25, 0.3) is 0 Å². The second-order valence-corrected chi connectivity index (χ2v) is 5.79. The van der Waals surface area contributed by atoms with E-state index in [0.29, 0.717) is 12.1 Å². The summed E-state index contributed by atoms with van der Waals surface area (Å²) >= 11 is 0. The minimum atomic E-state index is 0.000108. The van der Waals surface area contributed by atoms with E-state index < -0.39 is 0 Å². The van der Waals surface area contributed by atoms with Crippen LogP contribution in [0.2, 0.25) is 0 Å². The second-order valence-electron chi connectivity index (χ2n) is 5.79. The molecule has 0 amide bonds. The zero-order valence-electron chi connectivity index (χ0n) is 12.4. The van der Waals surface area contributed by atoms with Gasteiger partial charge in [-0.15, -0.1) is 0 Å². The van der Waals surface area contributed by atoms with Crippen molar-refractivity contribution in [3.8, 4) is 0 Å². The Morgan fingerprint density at radius 2 is 2.19 bits per heavy atom. The first kappa shape index (κ1) is 14.5. The van der Waals surface area contributed by atoms with Gasteiger partial charge in [0.1, 0.15) is 0 Å². The third kappa shape index (κ3) is 3.83. The number of fused-ring (bicyclic) bond motifs is 1. The third-order valence-electron chi connectivity index (χ3n) is 4.22. The fraction of sp³-hybridized carbons (Fsp3) is 0.733. The molecule has 116 valence electrons. The zero-order valence-corrected chi connectivity index (χ0v) is 12.4. The van der Waals surface area contributed by atoms with Gasteiger partial charge in [0, 0.05) is 31.7 Å². The van der Waals surface area contributed by atoms with Crippen LogP contribution in [-0.4, -0.2) is 42.3 Å². The highest BCUT2D eigenvalue weighted by Gasteiger charge is 2.15. The van der Waals surface area contributed by atoms with E-state index in [4.69, 9.17) is 4.74 Å². The van der Waals surface area contributed by atoms with E-state index in [1.54, 1.807) is 0 Å². The molecule has 0 aliphatic carbocycles. The van der Waals surface area contributed by atoms with Crippen LogP contribution in [0.4, 0.5) is 5.95 Å². The van der Waals surface area contributed by atoms with Crippen molar-refractivity contribution in [3.05, 3.63) is 21.6 Å². The van der Waals surface area contributed by atoms with E-state index in [0.717, 1.165) is 63.2 Å². The van der Waals surface area contributed by atoms with E-state index in [2.05, 4.69) is 20.6 Å². The molecule has 6 nitrogen and oxygen atoms in total. The van der Waals surface area contributed by atoms with Gasteiger partial charge in [-0.3, -0.25) is 9.78 Å². The van der Waals surface area contributed by atoms with E-state index in [-0.39, 0.29) is 5.56 Å². The number of aromatic amines is 1. The van der Waals surface area contributed by atoms with E-state index in [9.17, 15) is 4.79 Å². The van der Waals surface area contributed by atoms with Crippen LogP contribution in [0.15, 0.2) is 4.79 Å². The monoisotopic (exact) mass is 292 g/mol. The molecule has 1 aromatic rings. The summed E-state index contributed by atoms with van der Waals surface area (Å²) in [5.41, 5.74) is 1.77. The van der Waals surface area contributed by atoms with E-state index in [1.807, 2.05) is 0 Å². The predicted octanol–water partition coefficient (Wildman–Crippen LogP) is 0.829. The van der Waals surface area contributed by atoms with Gasteiger partial charge in [-0.05, 0) is 38.6 Å². The minimum absolute atomic E-state index is 0.000108. The molecule has 3 rings (SSSR count). The van der Waals surface area contributed by atoms with Gasteiger partial charge in [0.05, 0.1) is 11.8 Å². The summed E-state index contributed by atoms with van der Waals surface area (Å²) < 4.78 is 5.71. The number of nitrogens with one attached hydrogen (secondary N) is 3. The summed E-state index contributed by atoms with van der Waals surface area (Å²) in [6.45, 7) is 3.40. The molecule has 0 saturated carbocycles. The Bertz CT molecular complexity index is 523. The summed E-state index contributed by atoms with van der Waals surface area (Å²) in [4.78, 5) is 19.5. The lowest BCUT2D eigenvalue weighted by Crippen LogP contribution is -2.24. The highest BCUT2D eigenvalue weighted by atomic mass is 16.5. The molecule has 21 heavy (non-hydrogen) atoms. The Morgan fingerprint density at radius 3 is 3.05 bits per heavy atom. The van der Waals surface area contributed by atoms with Crippen LogP contribution in [0, 0.1) is 0 Å². The maximum Gasteiger partial charge on any atom is 0.255 e. The number of aromatic nitrogens is 2. The lowest BCUT2D eigenvalue weighted by atomic mass is 10.1. The van der Waals surface area contributed by atoms with Crippen molar-refractivity contribution >= 4 is 5.95 Å². The van der Waals surface area contributed by atoms with Crippen LogP contribution in [0.5, 0.6) is 0 Å². The van der Waals surface area contributed by atoms with Crippen LogP contribution < -0.4 is 16.2 Å². The zero-order chi connectivity index (χ0) is 14.5. The summed E-state index contributed by atoms with van der Waals surface area (Å²) in [6.07, 6.45) is 6.46. The molecule has 3 heterocycles. The average Bonchev–Trinajstić information content (AvgIpc) is 2.74. The molecule has 6 heteroatoms. The predicted molar refractivity (Wildman–Crippen MR) is 81.8 cm³/mol. The molecule has 3 N–H and O–H groups in total. The average molecular weight is 292 g/mol. The Kier molecular flexibility index (Phi) is 4.87. The Morgan fingerprint density at radius 1 is 1.29 bits per heavy atom. The van der Waals surface area contributed by atoms with Crippen molar-refractivity contribution in [2.75, 3.05) is 31.6 Å². The van der Waals surface area contributed by atoms with Crippen molar-refractivity contribution in [2.24, 2.45) is 0 Å². The quantitative estimate of drug-likeness (QED) is 0.766. The van der Waals surface area contributed by atoms with Gasteiger partial charge in [0.15, 0.2) is 0 Å². The number of ether oxygens (including phenoxy) is 1. The highest BCUT2D eigenvalue weighted by molar-refractivity contribution is 5.30. The van der Waals surface area contributed by atoms with Crippen molar-refractivity contribution in [1.82, 2.24) is 15.3 Å². The normalized spacial score (nSPS) is 22.4. The summed E-state index contributed by atoms with van der Waals surface area (Å²) in [6, 6.07) is 0. The van der Waals surface area contributed by atoms with Crippen LogP contribution in [0.1, 0.15) is 36.9 Å². The number of H-pyrrole nitrogens is 1. The van der Waals surface area contributed by atoms with Crippen LogP contribution in [0.3, 0.4) is 0 Å². The van der Waals surface area contributed by atoms with Gasteiger partial charge in [0.2, 0.25) is 5.95 Å². The summed E-state index contributed by atoms with van der Waals surface area (Å²) in [5.74, 6) is 0.594. The summed E-state index contributed by atoms with van der Waals surface area (Å²) in [5, 5.41) is 6.53. The van der Waals surface area contributed by atoms with Gasteiger partial charge in [-0.1, -0.05) is 0 Å². The van der Waals surface area contributed by atoms with Gasteiger partial charge in [-0.2, -0.15) is 0 Å². The number of nitrogens with zero attached hydrogens (tertiary/aromatic N) is 1. The van der Waals surface area contributed by atoms with Crippen molar-refractivity contribution in [3.63, 3.8) is 0 Å². The van der Waals surface area contributed by atoms with Gasteiger partial charge in [-0.25, -0.2) is 4.98 Å². The van der Waals surface area contributed by atoms with Gasteiger partial charge < -0.3 is 15.4 Å². The topological polar surface area (TPSA) is 79.0 Å². The molecule has 0 spiro atoms. The largest absolute Gasteiger partial charge is 0.378 e. The lowest BCUT2D eigenvalue weighted by Gasteiger charge is -2.22. The molecule has 1 saturated heterocycles. The number of rotatable bonds is 4. The van der Waals surface area contributed by atoms with E-state index in [1.165, 1.54) is 12.8 Å². The minimum Gasteiger partial charge on any atom is -0.378 e. The third-order valence-corrected chi connectivity index (χ3v) is 4.22. The maximum absolute atomic E-state index is 12.1. The standard InChI is InChI=1S/C15H24N4O2/c20-14-12-5-7-16-8-6-13(12)18-15(19-14)17-9-4-11-3-1-2-10-21-11/h11,16H,1-10H2,(H2,17,18,19,20)/t11-/m0/s1. The van der Waals surface area contributed by atoms with Crippen molar-refractivity contribution < 1.29 is 4.74 Å². The molecule has 1 fully saturated rings. The SMILES string of the molecule is O=c1[nH]c(NCC[C@@H]2CCCCO2)nc2c1CCNCC2. The summed E-state index contributed by atoms with van der Waals surface area (Å²) in [7, 11) is 0. The molecule has 0 radical (unpaired) electrons. The molecule has 1 aromatic heterocycles. The van der Waals surface area contributed by atoms with Gasteiger partial charge in [0.25, 0.3) is 5.56 Å². The van der Waals surface area contributed by atoms with Crippen LogP contribution in [-0.2, 0) is 17.6 Å². The molecule has 0 bridgehead atoms. The maximum atomic E-state index is 12.1. The first-order valence-electron chi connectivity index (χ1n) is 8.01. The fourth-order valence-electron chi connectivity index (χ4n) is 3.02. The molecular weight excluding hydrogens is 268 g/mol. The van der Waals surface area contributed by atoms with Gasteiger partial charge >= 0.3 is 0 Å². The van der Waals surface area contributed by atoms with E-state index >= 15 is 0 Å².